The van der Waals surface area contributed by atoms with Gasteiger partial charge in [0.2, 0.25) is 0 Å². The molecule has 0 spiro atoms. The summed E-state index contributed by atoms with van der Waals surface area (Å²) in [6.45, 7) is 7.25. The Morgan fingerprint density at radius 3 is 2.43 bits per heavy atom. The number of anilines is 1. The molecule has 0 aliphatic carbocycles. The first-order valence-corrected chi connectivity index (χ1v) is 7.47. The molecule has 0 unspecified atom stereocenters. The second kappa shape index (κ2) is 5.24. The van der Waals surface area contributed by atoms with Crippen LogP contribution in [0.3, 0.4) is 0 Å². The molecule has 0 aliphatic heterocycles. The van der Waals surface area contributed by atoms with Crippen molar-refractivity contribution in [2.75, 3.05) is 5.73 Å². The number of nitrogen functional groups attached to an aromatic ring is 1. The molecule has 0 saturated heterocycles. The monoisotopic (exact) mass is 279 g/mol. The minimum absolute atomic E-state index is 0.362. The largest absolute Gasteiger partial charge is 0.383 e. The lowest BCUT2D eigenvalue weighted by Gasteiger charge is -2.08. The topological polar surface area (TPSA) is 43.8 Å². The Hall–Kier alpha value is -2.29. The standard InChI is InChI=1S/C18H21N3/c1-4-21-17(19)16(20-18(21)12(2)3)15-10-9-13-7-5-6-8-14(13)11-15/h5-12H,4,19H2,1-3H3. The Morgan fingerprint density at radius 2 is 1.81 bits per heavy atom. The van der Waals surface area contributed by atoms with Crippen molar-refractivity contribution in [3.05, 3.63) is 48.3 Å². The van der Waals surface area contributed by atoms with E-state index in [4.69, 9.17) is 10.7 Å². The molecular weight excluding hydrogens is 258 g/mol. The van der Waals surface area contributed by atoms with E-state index in [1.165, 1.54) is 10.8 Å². The second-order valence-corrected chi connectivity index (χ2v) is 5.66. The van der Waals surface area contributed by atoms with E-state index in [9.17, 15) is 0 Å². The molecular formula is C18H21N3. The SMILES string of the molecule is CCn1c(C(C)C)nc(-c2ccc3ccccc3c2)c1N. The zero-order valence-electron chi connectivity index (χ0n) is 12.8. The van der Waals surface area contributed by atoms with Gasteiger partial charge in [0.15, 0.2) is 0 Å². The van der Waals surface area contributed by atoms with Gasteiger partial charge in [-0.15, -0.1) is 0 Å². The Bertz CT molecular complexity index is 784. The fourth-order valence-electron chi connectivity index (χ4n) is 2.81. The highest BCUT2D eigenvalue weighted by molar-refractivity contribution is 5.88. The van der Waals surface area contributed by atoms with E-state index >= 15 is 0 Å². The maximum atomic E-state index is 6.33. The normalized spacial score (nSPS) is 11.4. The van der Waals surface area contributed by atoms with Crippen LogP contribution in [0.4, 0.5) is 5.82 Å². The highest BCUT2D eigenvalue weighted by atomic mass is 15.1. The van der Waals surface area contributed by atoms with E-state index in [0.717, 1.165) is 29.4 Å². The molecule has 2 aromatic carbocycles. The lowest BCUT2D eigenvalue weighted by atomic mass is 10.1. The summed E-state index contributed by atoms with van der Waals surface area (Å²) in [7, 11) is 0. The third kappa shape index (κ3) is 2.29. The van der Waals surface area contributed by atoms with Crippen molar-refractivity contribution >= 4 is 16.6 Å². The van der Waals surface area contributed by atoms with E-state index < -0.39 is 0 Å². The van der Waals surface area contributed by atoms with Gasteiger partial charge in [-0.3, -0.25) is 0 Å². The fourth-order valence-corrected chi connectivity index (χ4v) is 2.81. The summed E-state index contributed by atoms with van der Waals surface area (Å²) >= 11 is 0. The zero-order valence-corrected chi connectivity index (χ0v) is 12.8. The van der Waals surface area contributed by atoms with Crippen LogP contribution >= 0.6 is 0 Å². The number of hydrogen-bond donors (Lipinski definition) is 1. The number of nitrogens with two attached hydrogens (primary N) is 1. The zero-order chi connectivity index (χ0) is 15.0. The van der Waals surface area contributed by atoms with Gasteiger partial charge in [0, 0.05) is 18.0 Å². The fraction of sp³-hybridized carbons (Fsp3) is 0.278. The van der Waals surface area contributed by atoms with E-state index in [1.54, 1.807) is 0 Å². The van der Waals surface area contributed by atoms with Crippen LogP contribution in [0.2, 0.25) is 0 Å². The summed E-state index contributed by atoms with van der Waals surface area (Å²) in [5, 5.41) is 2.45. The number of aromatic nitrogens is 2. The smallest absolute Gasteiger partial charge is 0.131 e. The lowest BCUT2D eigenvalue weighted by molar-refractivity contribution is 0.658. The molecule has 3 heteroatoms. The molecule has 0 atom stereocenters. The number of hydrogen-bond acceptors (Lipinski definition) is 2. The van der Waals surface area contributed by atoms with Gasteiger partial charge in [-0.2, -0.15) is 0 Å². The Kier molecular flexibility index (Phi) is 3.42. The first kappa shape index (κ1) is 13.7. The van der Waals surface area contributed by atoms with Crippen LogP contribution < -0.4 is 5.73 Å². The van der Waals surface area contributed by atoms with Gasteiger partial charge >= 0.3 is 0 Å². The summed E-state index contributed by atoms with van der Waals surface area (Å²) in [6, 6.07) is 14.7. The molecule has 2 N–H and O–H groups in total. The Labute approximate surface area is 125 Å². The third-order valence-electron chi connectivity index (χ3n) is 3.89. The molecule has 3 aromatic rings. The minimum Gasteiger partial charge on any atom is -0.383 e. The van der Waals surface area contributed by atoms with Crippen molar-refractivity contribution in [1.29, 1.82) is 0 Å². The van der Waals surface area contributed by atoms with Crippen LogP contribution in [0.5, 0.6) is 0 Å². The van der Waals surface area contributed by atoms with Crippen LogP contribution in [-0.4, -0.2) is 9.55 Å². The summed E-state index contributed by atoms with van der Waals surface area (Å²) in [5.41, 5.74) is 8.31. The van der Waals surface area contributed by atoms with Gasteiger partial charge in [0.1, 0.15) is 17.3 Å². The van der Waals surface area contributed by atoms with Gasteiger partial charge in [0.25, 0.3) is 0 Å². The molecule has 3 rings (SSSR count). The molecule has 21 heavy (non-hydrogen) atoms. The van der Waals surface area contributed by atoms with Crippen molar-refractivity contribution in [3.63, 3.8) is 0 Å². The molecule has 0 bridgehead atoms. The van der Waals surface area contributed by atoms with E-state index in [-0.39, 0.29) is 0 Å². The van der Waals surface area contributed by atoms with Crippen LogP contribution in [-0.2, 0) is 6.54 Å². The summed E-state index contributed by atoms with van der Waals surface area (Å²) in [6.07, 6.45) is 0. The van der Waals surface area contributed by atoms with Crippen molar-refractivity contribution < 1.29 is 0 Å². The van der Waals surface area contributed by atoms with Crippen molar-refractivity contribution in [2.24, 2.45) is 0 Å². The molecule has 1 aromatic heterocycles. The number of rotatable bonds is 3. The minimum atomic E-state index is 0.362. The highest BCUT2D eigenvalue weighted by Gasteiger charge is 2.17. The van der Waals surface area contributed by atoms with Crippen molar-refractivity contribution in [1.82, 2.24) is 9.55 Å². The van der Waals surface area contributed by atoms with Crippen LogP contribution in [0.15, 0.2) is 42.5 Å². The second-order valence-electron chi connectivity index (χ2n) is 5.66. The van der Waals surface area contributed by atoms with E-state index in [1.807, 2.05) is 0 Å². The predicted molar refractivity (Wildman–Crippen MR) is 89.3 cm³/mol. The quantitative estimate of drug-likeness (QED) is 0.770. The lowest BCUT2D eigenvalue weighted by Crippen LogP contribution is -2.06. The average Bonchev–Trinajstić information content (AvgIpc) is 2.83. The number of nitrogens with zero attached hydrogens (tertiary/aromatic N) is 2. The first-order valence-electron chi connectivity index (χ1n) is 7.47. The molecule has 1 heterocycles. The van der Waals surface area contributed by atoms with Crippen LogP contribution in [0, 0.1) is 0 Å². The molecule has 0 amide bonds. The summed E-state index contributed by atoms with van der Waals surface area (Å²) in [4.78, 5) is 4.80. The van der Waals surface area contributed by atoms with E-state index in [0.29, 0.717) is 5.92 Å². The van der Waals surface area contributed by atoms with Crippen molar-refractivity contribution in [2.45, 2.75) is 33.2 Å². The molecule has 0 fully saturated rings. The molecule has 3 nitrogen and oxygen atoms in total. The average molecular weight is 279 g/mol. The Morgan fingerprint density at radius 1 is 1.10 bits per heavy atom. The van der Waals surface area contributed by atoms with Gasteiger partial charge in [-0.25, -0.2) is 4.98 Å². The van der Waals surface area contributed by atoms with Crippen LogP contribution in [0.1, 0.15) is 32.5 Å². The maximum absolute atomic E-state index is 6.33. The third-order valence-corrected chi connectivity index (χ3v) is 3.89. The number of fused-ring (bicyclic) bond motifs is 1. The maximum Gasteiger partial charge on any atom is 0.131 e. The first-order chi connectivity index (χ1) is 10.1. The number of benzene rings is 2. The highest BCUT2D eigenvalue weighted by Crippen LogP contribution is 2.31. The molecule has 0 aliphatic rings. The van der Waals surface area contributed by atoms with Crippen molar-refractivity contribution in [3.8, 4) is 11.3 Å². The predicted octanol–water partition coefficient (Wildman–Crippen LogP) is 4.43. The van der Waals surface area contributed by atoms with Gasteiger partial charge < -0.3 is 10.3 Å². The van der Waals surface area contributed by atoms with Crippen LogP contribution in [0.25, 0.3) is 22.0 Å². The number of imidazole rings is 1. The molecule has 108 valence electrons. The van der Waals surface area contributed by atoms with Gasteiger partial charge in [-0.1, -0.05) is 50.2 Å². The summed E-state index contributed by atoms with van der Waals surface area (Å²) < 4.78 is 2.11. The summed E-state index contributed by atoms with van der Waals surface area (Å²) in [5.74, 6) is 2.18. The van der Waals surface area contributed by atoms with Gasteiger partial charge in [-0.05, 0) is 23.8 Å². The molecule has 0 radical (unpaired) electrons. The van der Waals surface area contributed by atoms with Gasteiger partial charge in [0.05, 0.1) is 0 Å². The van der Waals surface area contributed by atoms with E-state index in [2.05, 4.69) is 67.8 Å². The Balaban J connectivity index is 2.18. The molecule has 0 saturated carbocycles.